The monoisotopic (exact) mass is 207 g/mol. The lowest BCUT2D eigenvalue weighted by atomic mass is 10.1. The van der Waals surface area contributed by atoms with Crippen molar-refractivity contribution >= 4 is 11.6 Å². The van der Waals surface area contributed by atoms with E-state index in [1.165, 1.54) is 0 Å². The van der Waals surface area contributed by atoms with Gasteiger partial charge < -0.3 is 10.1 Å². The molecule has 0 atom stereocenters. The lowest BCUT2D eigenvalue weighted by Gasteiger charge is -2.20. The van der Waals surface area contributed by atoms with Crippen molar-refractivity contribution in [2.24, 2.45) is 0 Å². The molecular formula is C12H17NO2. The van der Waals surface area contributed by atoms with Crippen LogP contribution in [0.1, 0.15) is 25.0 Å². The van der Waals surface area contributed by atoms with Crippen LogP contribution in [0.3, 0.4) is 0 Å². The highest BCUT2D eigenvalue weighted by Crippen LogP contribution is 2.32. The largest absolute Gasteiger partial charge is 0.481 e. The summed E-state index contributed by atoms with van der Waals surface area (Å²) in [6.45, 7) is 8.09. The van der Waals surface area contributed by atoms with Crippen molar-refractivity contribution in [1.29, 1.82) is 0 Å². The lowest BCUT2D eigenvalue weighted by molar-refractivity contribution is -0.118. The molecule has 1 aromatic carbocycles. The van der Waals surface area contributed by atoms with E-state index < -0.39 is 0 Å². The summed E-state index contributed by atoms with van der Waals surface area (Å²) in [6, 6.07) is 3.95. The maximum Gasteiger partial charge on any atom is 0.262 e. The molecule has 0 fully saturated rings. The second-order valence-corrected chi connectivity index (χ2v) is 3.30. The number of rotatable bonds is 0. The number of carbonyl (C=O) groups excluding carboxylic acids is 1. The maximum absolute atomic E-state index is 11.0. The highest BCUT2D eigenvalue weighted by molar-refractivity contribution is 5.95. The third kappa shape index (κ3) is 2.49. The molecule has 0 saturated heterocycles. The van der Waals surface area contributed by atoms with Crippen molar-refractivity contribution in [3.05, 3.63) is 23.3 Å². The van der Waals surface area contributed by atoms with Gasteiger partial charge in [0, 0.05) is 0 Å². The van der Waals surface area contributed by atoms with E-state index in [-0.39, 0.29) is 12.5 Å². The van der Waals surface area contributed by atoms with Crippen molar-refractivity contribution in [1.82, 2.24) is 0 Å². The molecular weight excluding hydrogens is 190 g/mol. The summed E-state index contributed by atoms with van der Waals surface area (Å²) in [5.74, 6) is 0.711. The van der Waals surface area contributed by atoms with Crippen LogP contribution in [0.4, 0.5) is 5.69 Å². The predicted octanol–water partition coefficient (Wildman–Crippen LogP) is 2.66. The molecule has 0 aromatic heterocycles. The first-order chi connectivity index (χ1) is 7.16. The summed E-state index contributed by atoms with van der Waals surface area (Å²) in [6.07, 6.45) is 0. The van der Waals surface area contributed by atoms with Gasteiger partial charge in [-0.05, 0) is 31.0 Å². The molecule has 1 aliphatic heterocycles. The Morgan fingerprint density at radius 3 is 2.60 bits per heavy atom. The predicted molar refractivity (Wildman–Crippen MR) is 61.4 cm³/mol. The first-order valence-corrected chi connectivity index (χ1v) is 5.21. The smallest absolute Gasteiger partial charge is 0.262 e. The van der Waals surface area contributed by atoms with Gasteiger partial charge in [-0.25, -0.2) is 0 Å². The van der Waals surface area contributed by atoms with Gasteiger partial charge in [0.1, 0.15) is 5.75 Å². The Morgan fingerprint density at radius 2 is 1.93 bits per heavy atom. The van der Waals surface area contributed by atoms with E-state index >= 15 is 0 Å². The van der Waals surface area contributed by atoms with Gasteiger partial charge in [-0.15, -0.1) is 0 Å². The van der Waals surface area contributed by atoms with Crippen molar-refractivity contribution in [3.8, 4) is 5.75 Å². The summed E-state index contributed by atoms with van der Waals surface area (Å²) < 4.78 is 5.31. The van der Waals surface area contributed by atoms with Crippen LogP contribution < -0.4 is 10.1 Å². The lowest BCUT2D eigenvalue weighted by Crippen LogP contribution is -2.25. The van der Waals surface area contributed by atoms with Crippen LogP contribution in [0, 0.1) is 13.8 Å². The number of aryl methyl sites for hydroxylation is 2. The minimum atomic E-state index is -0.0856. The first-order valence-electron chi connectivity index (χ1n) is 5.21. The van der Waals surface area contributed by atoms with Gasteiger partial charge in [-0.2, -0.15) is 0 Å². The fourth-order valence-electron chi connectivity index (χ4n) is 1.56. The molecule has 2 rings (SSSR count). The second kappa shape index (κ2) is 4.82. The zero-order valence-electron chi connectivity index (χ0n) is 9.68. The topological polar surface area (TPSA) is 38.3 Å². The Labute approximate surface area is 90.4 Å². The van der Waals surface area contributed by atoms with E-state index in [4.69, 9.17) is 4.74 Å². The number of carbonyl (C=O) groups is 1. The number of fused-ring (bicyclic) bond motifs is 1. The molecule has 1 heterocycles. The molecule has 82 valence electrons. The fraction of sp³-hybridized carbons (Fsp3) is 0.417. The van der Waals surface area contributed by atoms with Crippen LogP contribution >= 0.6 is 0 Å². The van der Waals surface area contributed by atoms with Crippen LogP contribution in [0.15, 0.2) is 12.1 Å². The van der Waals surface area contributed by atoms with Crippen LogP contribution in [0.5, 0.6) is 5.75 Å². The van der Waals surface area contributed by atoms with Gasteiger partial charge in [0.15, 0.2) is 6.61 Å². The van der Waals surface area contributed by atoms with E-state index in [9.17, 15) is 4.79 Å². The first kappa shape index (κ1) is 11.6. The highest BCUT2D eigenvalue weighted by Gasteiger charge is 2.17. The van der Waals surface area contributed by atoms with Crippen LogP contribution in [-0.4, -0.2) is 12.5 Å². The molecule has 0 unspecified atom stereocenters. The number of ether oxygens (including phenoxy) is 1. The summed E-state index contributed by atoms with van der Waals surface area (Å²) in [5, 5.41) is 2.78. The Hall–Kier alpha value is -1.51. The molecule has 1 aromatic rings. The Morgan fingerprint density at radius 1 is 1.27 bits per heavy atom. The van der Waals surface area contributed by atoms with Crippen molar-refractivity contribution < 1.29 is 9.53 Å². The minimum absolute atomic E-state index is 0.0856. The van der Waals surface area contributed by atoms with Crippen molar-refractivity contribution in [2.75, 3.05) is 11.9 Å². The Bertz CT molecular complexity index is 372. The van der Waals surface area contributed by atoms with Crippen molar-refractivity contribution in [3.63, 3.8) is 0 Å². The highest BCUT2D eigenvalue weighted by atomic mass is 16.5. The molecule has 0 saturated carbocycles. The zero-order chi connectivity index (χ0) is 11.4. The number of amides is 1. The van der Waals surface area contributed by atoms with E-state index in [0.717, 1.165) is 22.6 Å². The second-order valence-electron chi connectivity index (χ2n) is 3.30. The number of hydrogen-bond donors (Lipinski definition) is 1. The van der Waals surface area contributed by atoms with E-state index in [1.54, 1.807) is 0 Å². The Kier molecular flexibility index (Phi) is 3.72. The molecule has 0 spiro atoms. The van der Waals surface area contributed by atoms with Gasteiger partial charge >= 0.3 is 0 Å². The molecule has 0 bridgehead atoms. The van der Waals surface area contributed by atoms with Gasteiger partial charge in [0.2, 0.25) is 0 Å². The maximum atomic E-state index is 11.0. The summed E-state index contributed by atoms with van der Waals surface area (Å²) >= 11 is 0. The van der Waals surface area contributed by atoms with Gasteiger partial charge in [-0.3, -0.25) is 4.79 Å². The standard InChI is InChI=1S/C10H11NO2.C2H6/c1-6-3-7(2)10-8(4-6)11-9(12)5-13-10;1-2/h3-4H,5H2,1-2H3,(H,11,12);1-2H3. The van der Waals surface area contributed by atoms with Crippen LogP contribution in [0.25, 0.3) is 0 Å². The van der Waals surface area contributed by atoms with E-state index in [0.29, 0.717) is 0 Å². The van der Waals surface area contributed by atoms with Crippen molar-refractivity contribution in [2.45, 2.75) is 27.7 Å². The molecule has 0 radical (unpaired) electrons. The zero-order valence-corrected chi connectivity index (χ0v) is 9.68. The normalized spacial score (nSPS) is 12.9. The number of nitrogens with one attached hydrogen (secondary N) is 1. The SMILES string of the molecule is CC.Cc1cc(C)c2c(c1)NC(=O)CO2. The summed E-state index contributed by atoms with van der Waals surface area (Å²) in [4.78, 5) is 11.0. The molecule has 15 heavy (non-hydrogen) atoms. The number of hydrogen-bond acceptors (Lipinski definition) is 2. The summed E-state index contributed by atoms with van der Waals surface area (Å²) in [5.41, 5.74) is 2.98. The minimum Gasteiger partial charge on any atom is -0.481 e. The molecule has 0 aliphatic carbocycles. The number of anilines is 1. The average Bonchev–Trinajstić information content (AvgIpc) is 2.19. The molecule has 3 heteroatoms. The average molecular weight is 207 g/mol. The van der Waals surface area contributed by atoms with E-state index in [1.807, 2.05) is 39.8 Å². The molecule has 1 amide bonds. The fourth-order valence-corrected chi connectivity index (χ4v) is 1.56. The molecule has 1 aliphatic rings. The molecule has 3 nitrogen and oxygen atoms in total. The van der Waals surface area contributed by atoms with E-state index in [2.05, 4.69) is 5.32 Å². The summed E-state index contributed by atoms with van der Waals surface area (Å²) in [7, 11) is 0. The third-order valence-corrected chi connectivity index (χ3v) is 2.04. The van der Waals surface area contributed by atoms with Gasteiger partial charge in [-0.1, -0.05) is 19.9 Å². The molecule has 1 N–H and O–H groups in total. The van der Waals surface area contributed by atoms with Crippen LogP contribution in [-0.2, 0) is 4.79 Å². The number of benzene rings is 1. The van der Waals surface area contributed by atoms with Crippen LogP contribution in [0.2, 0.25) is 0 Å². The Balaban J connectivity index is 0.000000531. The third-order valence-electron chi connectivity index (χ3n) is 2.04. The van der Waals surface area contributed by atoms with Gasteiger partial charge in [0.25, 0.3) is 5.91 Å². The quantitative estimate of drug-likeness (QED) is 0.710. The van der Waals surface area contributed by atoms with Gasteiger partial charge in [0.05, 0.1) is 5.69 Å².